The first-order valence-electron chi connectivity index (χ1n) is 18.4. The van der Waals surface area contributed by atoms with Crippen molar-refractivity contribution in [1.29, 1.82) is 5.41 Å². The molecule has 18 nitrogen and oxygen atoms in total. The highest BCUT2D eigenvalue weighted by Gasteiger charge is 2.39. The van der Waals surface area contributed by atoms with Crippen molar-refractivity contribution < 1.29 is 59.1 Å². The lowest BCUT2D eigenvalue weighted by Crippen LogP contribution is -2.53. The van der Waals surface area contributed by atoms with Crippen LogP contribution in [0.2, 0.25) is 5.15 Å². The molecule has 1 aromatic heterocycles. The standard InChI is InChI=1S/C36H55ClN6O12/c1-19-52-17-27(54-19)32(49)30(47)25(45)15-43(16-26(46)31(48)33(50)28-18-53-20(2)55-28)12-13-51-23-10-8-21(9-11-23)6-4-3-5-7-22(38)14-24(44)29-35(39)42-36(40)34(37)41-29/h8-11,19-20,25-28,30-33,38,45-50H,3-7,12-18H2,1-2H3,(H4,39,40,42)/t19-,20-,25+,26+,27-,28-,30-,31-,32-,33-/m1/s1. The number of aliphatic hydroxyl groups excluding tert-OH is 6. The van der Waals surface area contributed by atoms with Crippen LogP contribution in [0, 0.1) is 5.41 Å². The summed E-state index contributed by atoms with van der Waals surface area (Å²) in [6.07, 6.45) is -8.34. The van der Waals surface area contributed by atoms with Crippen LogP contribution in [0.1, 0.15) is 62.0 Å². The molecule has 0 spiro atoms. The molecular weight excluding hydrogens is 744 g/mol. The molecule has 10 atom stereocenters. The van der Waals surface area contributed by atoms with E-state index < -0.39 is 67.2 Å². The minimum absolute atomic E-state index is 0.0437. The number of carbonyl (C=O) groups excluding carboxylic acids is 1. The number of nitrogen functional groups attached to an aromatic ring is 2. The van der Waals surface area contributed by atoms with Gasteiger partial charge in [0.25, 0.3) is 0 Å². The normalized spacial score (nSPS) is 23.3. The summed E-state index contributed by atoms with van der Waals surface area (Å²) in [7, 11) is 0. The zero-order valence-corrected chi connectivity index (χ0v) is 31.8. The van der Waals surface area contributed by atoms with Gasteiger partial charge in [-0.25, -0.2) is 9.97 Å². The Bertz CT molecular complexity index is 1490. The third kappa shape index (κ3) is 13.5. The summed E-state index contributed by atoms with van der Waals surface area (Å²) in [6.45, 7) is 3.18. The number of aliphatic hydroxyl groups is 6. The molecule has 0 radical (unpaired) electrons. The van der Waals surface area contributed by atoms with Gasteiger partial charge in [0, 0.05) is 25.3 Å². The van der Waals surface area contributed by atoms with Crippen LogP contribution in [-0.2, 0) is 25.4 Å². The number of carbonyl (C=O) groups is 1. The minimum atomic E-state index is -1.61. The average Bonchev–Trinajstić information content (AvgIpc) is 3.79. The first-order chi connectivity index (χ1) is 26.1. The molecule has 0 bridgehead atoms. The van der Waals surface area contributed by atoms with E-state index in [0.29, 0.717) is 12.2 Å². The van der Waals surface area contributed by atoms with Crippen molar-refractivity contribution in [1.82, 2.24) is 14.9 Å². The number of ether oxygens (including phenoxy) is 5. The number of nitrogens with two attached hydrogens (primary N) is 2. The van der Waals surface area contributed by atoms with E-state index in [1.807, 2.05) is 24.3 Å². The second-order valence-electron chi connectivity index (χ2n) is 13.9. The summed E-state index contributed by atoms with van der Waals surface area (Å²) in [5, 5.41) is 72.4. The average molecular weight is 799 g/mol. The third-order valence-electron chi connectivity index (χ3n) is 9.45. The quantitative estimate of drug-likeness (QED) is 0.0408. The van der Waals surface area contributed by atoms with E-state index in [-0.39, 0.29) is 74.1 Å². The van der Waals surface area contributed by atoms with Crippen LogP contribution in [0.25, 0.3) is 0 Å². The lowest BCUT2D eigenvalue weighted by Gasteiger charge is -2.33. The molecule has 2 aliphatic heterocycles. The van der Waals surface area contributed by atoms with Crippen LogP contribution in [0.15, 0.2) is 24.3 Å². The maximum absolute atomic E-state index is 12.5. The predicted octanol–water partition coefficient (Wildman–Crippen LogP) is 0.0591. The molecule has 2 aromatic rings. The van der Waals surface area contributed by atoms with E-state index in [1.165, 1.54) is 0 Å². The Kier molecular flexibility index (Phi) is 17.4. The zero-order chi connectivity index (χ0) is 40.2. The van der Waals surface area contributed by atoms with E-state index in [1.54, 1.807) is 18.7 Å². The van der Waals surface area contributed by atoms with Crippen LogP contribution in [0.3, 0.4) is 0 Å². The number of ketones is 1. The van der Waals surface area contributed by atoms with Gasteiger partial charge in [0.15, 0.2) is 40.8 Å². The molecule has 2 aliphatic rings. The van der Waals surface area contributed by atoms with Crippen molar-refractivity contribution in [2.24, 2.45) is 0 Å². The summed E-state index contributed by atoms with van der Waals surface area (Å²) in [5.74, 6) is -0.0509. The highest BCUT2D eigenvalue weighted by atomic mass is 35.5. The molecule has 2 saturated heterocycles. The molecule has 3 heterocycles. The zero-order valence-electron chi connectivity index (χ0n) is 31.1. The number of rotatable bonds is 23. The molecule has 0 unspecified atom stereocenters. The molecule has 2 fully saturated rings. The number of aryl methyl sites for hydroxylation is 1. The number of anilines is 2. The van der Waals surface area contributed by atoms with E-state index in [4.69, 9.17) is 52.2 Å². The van der Waals surface area contributed by atoms with Gasteiger partial charge in [-0.05, 0) is 57.2 Å². The SMILES string of the molecule is C[C@@H]1OC[C@H]([C@@H](O)[C@H](O)[C@@H](O)CN(CCOc2ccc(CCCCCC(=N)CC(=O)c3nc(Cl)c(N)nc3N)cc2)C[C@H](O)[C@@H](O)[C@H](O)[C@H]2CO[C@@H](C)O2)O1. The van der Waals surface area contributed by atoms with Gasteiger partial charge in [0.05, 0.1) is 31.8 Å². The second kappa shape index (κ2) is 21.4. The van der Waals surface area contributed by atoms with Crippen LogP contribution < -0.4 is 16.2 Å². The lowest BCUT2D eigenvalue weighted by atomic mass is 10.0. The van der Waals surface area contributed by atoms with E-state index in [9.17, 15) is 35.4 Å². The van der Waals surface area contributed by atoms with E-state index in [2.05, 4.69) is 9.97 Å². The van der Waals surface area contributed by atoms with Crippen molar-refractivity contribution in [2.45, 2.75) is 114 Å². The number of nitrogens with one attached hydrogen (secondary N) is 1. The molecule has 55 heavy (non-hydrogen) atoms. The predicted molar refractivity (Wildman–Crippen MR) is 200 cm³/mol. The second-order valence-corrected chi connectivity index (χ2v) is 14.3. The molecule has 0 amide bonds. The van der Waals surface area contributed by atoms with Gasteiger partial charge in [0.1, 0.15) is 49.0 Å². The van der Waals surface area contributed by atoms with Crippen LogP contribution >= 0.6 is 11.6 Å². The fourth-order valence-electron chi connectivity index (χ4n) is 6.27. The van der Waals surface area contributed by atoms with Gasteiger partial charge in [-0.15, -0.1) is 0 Å². The first-order valence-corrected chi connectivity index (χ1v) is 18.7. The Morgan fingerprint density at radius 1 is 0.891 bits per heavy atom. The van der Waals surface area contributed by atoms with Gasteiger partial charge in [-0.2, -0.15) is 0 Å². The van der Waals surface area contributed by atoms with Crippen molar-refractivity contribution in [3.63, 3.8) is 0 Å². The molecule has 1 aromatic carbocycles. The van der Waals surface area contributed by atoms with Crippen LogP contribution in [0.4, 0.5) is 11.6 Å². The van der Waals surface area contributed by atoms with Crippen molar-refractivity contribution >= 4 is 34.7 Å². The van der Waals surface area contributed by atoms with Crippen LogP contribution in [-0.4, -0.2) is 158 Å². The summed E-state index contributed by atoms with van der Waals surface area (Å²) in [5.41, 5.74) is 12.5. The van der Waals surface area contributed by atoms with Crippen LogP contribution in [0.5, 0.6) is 5.75 Å². The Labute approximate surface area is 324 Å². The van der Waals surface area contributed by atoms with Gasteiger partial charge in [-0.1, -0.05) is 30.2 Å². The number of hydrogen-bond acceptors (Lipinski definition) is 18. The largest absolute Gasteiger partial charge is 0.492 e. The Morgan fingerprint density at radius 3 is 1.98 bits per heavy atom. The molecule has 308 valence electrons. The van der Waals surface area contributed by atoms with E-state index in [0.717, 1.165) is 31.2 Å². The smallest absolute Gasteiger partial charge is 0.190 e. The molecule has 0 aliphatic carbocycles. The minimum Gasteiger partial charge on any atom is -0.492 e. The Morgan fingerprint density at radius 2 is 1.45 bits per heavy atom. The van der Waals surface area contributed by atoms with Gasteiger partial charge >= 0.3 is 0 Å². The summed E-state index contributed by atoms with van der Waals surface area (Å²) < 4.78 is 27.4. The molecular formula is C36H55ClN6O12. The summed E-state index contributed by atoms with van der Waals surface area (Å²) >= 11 is 5.86. The third-order valence-corrected chi connectivity index (χ3v) is 9.73. The number of nitrogens with zero attached hydrogens (tertiary/aromatic N) is 3. The number of aromatic nitrogens is 2. The van der Waals surface area contributed by atoms with Crippen molar-refractivity contribution in [3.05, 3.63) is 40.7 Å². The molecule has 0 saturated carbocycles. The number of hydrogen-bond donors (Lipinski definition) is 9. The fraction of sp³-hybridized carbons (Fsp3) is 0.667. The lowest BCUT2D eigenvalue weighted by molar-refractivity contribution is -0.135. The van der Waals surface area contributed by atoms with Gasteiger partial charge < -0.3 is 71.2 Å². The number of unbranched alkanes of at least 4 members (excludes halogenated alkanes) is 2. The Hall–Kier alpha value is -3.11. The molecule has 19 heteroatoms. The Balaban J connectivity index is 1.22. The highest BCUT2D eigenvalue weighted by Crippen LogP contribution is 2.22. The maximum Gasteiger partial charge on any atom is 0.190 e. The van der Waals surface area contributed by atoms with Gasteiger partial charge in [0.2, 0.25) is 0 Å². The number of halogens is 1. The molecule has 11 N–H and O–H groups in total. The fourth-order valence-corrected chi connectivity index (χ4v) is 6.39. The topological polar surface area (TPSA) is 290 Å². The molecule has 4 rings (SSSR count). The van der Waals surface area contributed by atoms with Crippen molar-refractivity contribution in [2.75, 3.05) is 50.9 Å². The number of Topliss-reactive ketones (excluding diaryl/α,β-unsaturated/α-hetero) is 1. The van der Waals surface area contributed by atoms with Crippen molar-refractivity contribution in [3.8, 4) is 5.75 Å². The summed E-state index contributed by atoms with van der Waals surface area (Å²) in [6, 6.07) is 7.51. The van der Waals surface area contributed by atoms with Gasteiger partial charge in [-0.3, -0.25) is 9.69 Å². The maximum atomic E-state index is 12.5. The monoisotopic (exact) mass is 798 g/mol. The first kappa shape index (κ1) is 44.6. The highest BCUT2D eigenvalue weighted by molar-refractivity contribution is 6.31. The number of benzene rings is 1. The van der Waals surface area contributed by atoms with E-state index >= 15 is 0 Å². The summed E-state index contributed by atoms with van der Waals surface area (Å²) in [4.78, 5) is 21.8.